The van der Waals surface area contributed by atoms with Crippen molar-refractivity contribution >= 4 is 23.4 Å². The molecule has 0 aliphatic carbocycles. The number of pyridine rings is 1. The first kappa shape index (κ1) is 30.2. The molecule has 0 aliphatic heterocycles. The molecule has 0 unspecified atom stereocenters. The van der Waals surface area contributed by atoms with E-state index in [1.807, 2.05) is 104 Å². The number of methoxy groups -OCH3 is 1. The van der Waals surface area contributed by atoms with Crippen LogP contribution in [0.2, 0.25) is 0 Å². The molecule has 1 amide bonds. The lowest BCUT2D eigenvalue weighted by molar-refractivity contribution is -0.113. The molecule has 5 aromatic rings. The first-order valence-corrected chi connectivity index (χ1v) is 15.1. The van der Waals surface area contributed by atoms with Crippen LogP contribution in [-0.4, -0.2) is 30.4 Å². The Morgan fingerprint density at radius 2 is 1.59 bits per heavy atom. The SMILES string of the molecule is CCOc1ccc(NC(=O)CSc2nc(-c3ccccc3)cc(-c3ccc(OCc4ccccc4)c(OC)c3)c2C#N)cc1. The standard InChI is InChI=1S/C36H31N3O4S/c1-3-42-29-17-15-28(16-18-29)38-35(40)24-44-36-31(22-37)30(21-32(39-36)26-12-8-5-9-13-26)27-14-19-33(34(20-27)41-2)43-23-25-10-6-4-7-11-25/h4-21H,3,23-24H2,1-2H3,(H,38,40). The number of carbonyl (C=O) groups excluding carboxylic acids is 1. The van der Waals surface area contributed by atoms with Gasteiger partial charge in [-0.3, -0.25) is 4.79 Å². The second-order valence-electron chi connectivity index (χ2n) is 9.65. The van der Waals surface area contributed by atoms with Crippen LogP contribution >= 0.6 is 11.8 Å². The molecular weight excluding hydrogens is 570 g/mol. The van der Waals surface area contributed by atoms with Crippen molar-refractivity contribution in [2.45, 2.75) is 18.6 Å². The average molecular weight is 602 g/mol. The topological polar surface area (TPSA) is 93.5 Å². The van der Waals surface area contributed by atoms with E-state index in [9.17, 15) is 10.1 Å². The van der Waals surface area contributed by atoms with Crippen molar-refractivity contribution in [1.82, 2.24) is 4.98 Å². The molecule has 44 heavy (non-hydrogen) atoms. The predicted molar refractivity (Wildman–Crippen MR) is 174 cm³/mol. The predicted octanol–water partition coefficient (Wildman–Crippen LogP) is 8.00. The number of carbonyl (C=O) groups is 1. The molecule has 4 aromatic carbocycles. The van der Waals surface area contributed by atoms with Gasteiger partial charge in [0.15, 0.2) is 11.5 Å². The minimum Gasteiger partial charge on any atom is -0.494 e. The van der Waals surface area contributed by atoms with E-state index < -0.39 is 0 Å². The van der Waals surface area contributed by atoms with Crippen LogP contribution in [-0.2, 0) is 11.4 Å². The number of amides is 1. The Bertz CT molecular complexity index is 1760. The maximum atomic E-state index is 12.9. The highest BCUT2D eigenvalue weighted by atomic mass is 32.2. The van der Waals surface area contributed by atoms with E-state index in [1.54, 1.807) is 19.2 Å². The Morgan fingerprint density at radius 3 is 2.27 bits per heavy atom. The molecule has 0 saturated carbocycles. The fourth-order valence-corrected chi connectivity index (χ4v) is 5.34. The maximum absolute atomic E-state index is 12.9. The van der Waals surface area contributed by atoms with Crippen LogP contribution in [0.4, 0.5) is 5.69 Å². The fraction of sp³-hybridized carbons (Fsp3) is 0.139. The highest BCUT2D eigenvalue weighted by Crippen LogP contribution is 2.38. The summed E-state index contributed by atoms with van der Waals surface area (Å²) in [6.45, 7) is 2.88. The minimum absolute atomic E-state index is 0.0716. The van der Waals surface area contributed by atoms with Crippen LogP contribution in [0.3, 0.4) is 0 Å². The quantitative estimate of drug-likeness (QED) is 0.145. The molecule has 0 fully saturated rings. The van der Waals surface area contributed by atoms with Crippen LogP contribution < -0.4 is 19.5 Å². The van der Waals surface area contributed by atoms with Gasteiger partial charge in [0.05, 0.1) is 30.7 Å². The molecule has 0 saturated heterocycles. The maximum Gasteiger partial charge on any atom is 0.234 e. The summed E-state index contributed by atoms with van der Waals surface area (Å²) in [5.41, 5.74) is 5.12. The molecule has 0 aliphatic rings. The summed E-state index contributed by atoms with van der Waals surface area (Å²) in [6.07, 6.45) is 0. The second kappa shape index (κ2) is 14.8. The van der Waals surface area contributed by atoms with E-state index in [-0.39, 0.29) is 11.7 Å². The molecule has 0 bridgehead atoms. The van der Waals surface area contributed by atoms with E-state index >= 15 is 0 Å². The summed E-state index contributed by atoms with van der Waals surface area (Å²) in [6, 6.07) is 36.7. The summed E-state index contributed by atoms with van der Waals surface area (Å²) in [5.74, 6) is 1.74. The van der Waals surface area contributed by atoms with Gasteiger partial charge in [0.25, 0.3) is 0 Å². The third-order valence-corrected chi connectivity index (χ3v) is 7.64. The molecular formula is C36H31N3O4S. The van der Waals surface area contributed by atoms with Crippen molar-refractivity contribution in [1.29, 1.82) is 5.26 Å². The normalized spacial score (nSPS) is 10.5. The largest absolute Gasteiger partial charge is 0.494 e. The number of benzene rings is 4. The molecule has 7 nitrogen and oxygen atoms in total. The van der Waals surface area contributed by atoms with Gasteiger partial charge in [-0.1, -0.05) is 78.5 Å². The zero-order chi connectivity index (χ0) is 30.7. The van der Waals surface area contributed by atoms with Gasteiger partial charge in [-0.15, -0.1) is 0 Å². The number of ether oxygens (including phenoxy) is 3. The van der Waals surface area contributed by atoms with Gasteiger partial charge < -0.3 is 19.5 Å². The van der Waals surface area contributed by atoms with E-state index in [1.165, 1.54) is 11.8 Å². The third kappa shape index (κ3) is 7.57. The first-order chi connectivity index (χ1) is 21.6. The summed E-state index contributed by atoms with van der Waals surface area (Å²) in [4.78, 5) is 17.7. The lowest BCUT2D eigenvalue weighted by Gasteiger charge is -2.15. The van der Waals surface area contributed by atoms with Gasteiger partial charge in [0.1, 0.15) is 23.5 Å². The van der Waals surface area contributed by atoms with E-state index in [0.29, 0.717) is 52.2 Å². The van der Waals surface area contributed by atoms with Crippen LogP contribution in [0.25, 0.3) is 22.4 Å². The third-order valence-electron chi connectivity index (χ3n) is 6.67. The van der Waals surface area contributed by atoms with Crippen molar-refractivity contribution in [3.63, 3.8) is 0 Å². The number of rotatable bonds is 12. The Morgan fingerprint density at radius 1 is 0.864 bits per heavy atom. The molecule has 220 valence electrons. The zero-order valence-electron chi connectivity index (χ0n) is 24.4. The summed E-state index contributed by atoms with van der Waals surface area (Å²) >= 11 is 1.22. The summed E-state index contributed by atoms with van der Waals surface area (Å²) < 4.78 is 17.2. The Kier molecular flexibility index (Phi) is 10.1. The van der Waals surface area contributed by atoms with Crippen LogP contribution in [0, 0.1) is 11.3 Å². The highest BCUT2D eigenvalue weighted by molar-refractivity contribution is 8.00. The molecule has 5 rings (SSSR count). The van der Waals surface area contributed by atoms with Crippen LogP contribution in [0.15, 0.2) is 114 Å². The lowest BCUT2D eigenvalue weighted by atomic mass is 9.99. The van der Waals surface area contributed by atoms with Crippen molar-refractivity contribution in [2.24, 2.45) is 0 Å². The summed E-state index contributed by atoms with van der Waals surface area (Å²) in [7, 11) is 1.59. The second-order valence-corrected chi connectivity index (χ2v) is 10.6. The number of nitrogens with zero attached hydrogens (tertiary/aromatic N) is 2. The number of hydrogen-bond donors (Lipinski definition) is 1. The molecule has 0 atom stereocenters. The number of nitrogens with one attached hydrogen (secondary N) is 1. The first-order valence-electron chi connectivity index (χ1n) is 14.1. The van der Waals surface area contributed by atoms with Gasteiger partial charge in [-0.2, -0.15) is 5.26 Å². The number of anilines is 1. The van der Waals surface area contributed by atoms with Gasteiger partial charge in [-0.05, 0) is 60.5 Å². The van der Waals surface area contributed by atoms with E-state index in [4.69, 9.17) is 19.2 Å². The molecule has 0 radical (unpaired) electrons. The zero-order valence-corrected chi connectivity index (χ0v) is 25.3. The Balaban J connectivity index is 1.43. The van der Waals surface area contributed by atoms with E-state index in [0.717, 1.165) is 22.4 Å². The van der Waals surface area contributed by atoms with Crippen molar-refractivity contribution < 1.29 is 19.0 Å². The van der Waals surface area contributed by atoms with Crippen LogP contribution in [0.1, 0.15) is 18.1 Å². The average Bonchev–Trinajstić information content (AvgIpc) is 3.07. The number of hydrogen-bond acceptors (Lipinski definition) is 7. The monoisotopic (exact) mass is 601 g/mol. The van der Waals surface area contributed by atoms with Gasteiger partial charge >= 0.3 is 0 Å². The minimum atomic E-state index is -0.210. The van der Waals surface area contributed by atoms with E-state index in [2.05, 4.69) is 11.4 Å². The smallest absolute Gasteiger partial charge is 0.234 e. The molecule has 1 aromatic heterocycles. The van der Waals surface area contributed by atoms with Gasteiger partial charge in [0.2, 0.25) is 5.91 Å². The lowest BCUT2D eigenvalue weighted by Crippen LogP contribution is -2.14. The van der Waals surface area contributed by atoms with Crippen molar-refractivity contribution in [3.05, 3.63) is 120 Å². The van der Waals surface area contributed by atoms with Crippen molar-refractivity contribution in [2.75, 3.05) is 24.8 Å². The molecule has 1 N–H and O–H groups in total. The van der Waals surface area contributed by atoms with Gasteiger partial charge in [0, 0.05) is 16.8 Å². The number of nitriles is 1. The molecule has 0 spiro atoms. The summed E-state index contributed by atoms with van der Waals surface area (Å²) in [5, 5.41) is 13.7. The Labute approximate surface area is 261 Å². The number of aromatic nitrogens is 1. The van der Waals surface area contributed by atoms with Gasteiger partial charge in [-0.25, -0.2) is 4.98 Å². The number of thioether (sulfide) groups is 1. The van der Waals surface area contributed by atoms with Crippen molar-refractivity contribution in [3.8, 4) is 45.7 Å². The van der Waals surface area contributed by atoms with Crippen LogP contribution in [0.5, 0.6) is 17.2 Å². The highest BCUT2D eigenvalue weighted by Gasteiger charge is 2.19. The fourth-order valence-electron chi connectivity index (χ4n) is 4.54. The molecule has 1 heterocycles. The molecule has 8 heteroatoms. The Hall–Kier alpha value is -5.26.